The fourth-order valence-electron chi connectivity index (χ4n) is 1.96. The lowest BCUT2D eigenvalue weighted by atomic mass is 10.2. The lowest BCUT2D eigenvalue weighted by Crippen LogP contribution is -2.43. The van der Waals surface area contributed by atoms with E-state index in [9.17, 15) is 4.79 Å². The third-order valence-electron chi connectivity index (χ3n) is 2.85. The molecule has 0 radical (unpaired) electrons. The van der Waals surface area contributed by atoms with Gasteiger partial charge in [0.15, 0.2) is 0 Å². The summed E-state index contributed by atoms with van der Waals surface area (Å²) in [5, 5.41) is 0. The number of hydrogen-bond donors (Lipinski definition) is 1. The van der Waals surface area contributed by atoms with Gasteiger partial charge in [-0.05, 0) is 25.7 Å². The molecule has 0 spiro atoms. The van der Waals surface area contributed by atoms with Gasteiger partial charge in [-0.3, -0.25) is 4.79 Å². The fourth-order valence-corrected chi connectivity index (χ4v) is 1.96. The molecule has 1 aliphatic heterocycles. The van der Waals surface area contributed by atoms with Gasteiger partial charge in [0.2, 0.25) is 0 Å². The van der Waals surface area contributed by atoms with E-state index in [-0.39, 0.29) is 12.0 Å². The molecule has 0 bridgehead atoms. The van der Waals surface area contributed by atoms with Gasteiger partial charge in [0.05, 0.1) is 0 Å². The number of nitrogens with two attached hydrogens (primary N) is 1. The maximum Gasteiger partial charge on any atom is 0.251 e. The van der Waals surface area contributed by atoms with Crippen LogP contribution in [0.4, 0.5) is 0 Å². The van der Waals surface area contributed by atoms with Crippen LogP contribution in [0.2, 0.25) is 0 Å². The molecule has 0 aromatic rings. The lowest BCUT2D eigenvalue weighted by molar-refractivity contribution is -0.141. The molecule has 1 saturated carbocycles. The molecule has 1 aliphatic carbocycles. The van der Waals surface area contributed by atoms with Gasteiger partial charge in [-0.15, -0.1) is 0 Å². The van der Waals surface area contributed by atoms with Crippen LogP contribution in [-0.2, 0) is 9.53 Å². The molecule has 1 saturated heterocycles. The van der Waals surface area contributed by atoms with E-state index in [1.807, 2.05) is 4.90 Å². The molecule has 0 aromatic heterocycles. The fraction of sp³-hybridized carbons (Fsp3) is 0.900. The van der Waals surface area contributed by atoms with Crippen LogP contribution < -0.4 is 5.73 Å². The van der Waals surface area contributed by atoms with Crippen molar-refractivity contribution in [3.63, 3.8) is 0 Å². The number of nitrogens with zero attached hydrogens (tertiary/aromatic N) is 1. The quantitative estimate of drug-likeness (QED) is 0.698. The Morgan fingerprint density at radius 1 is 1.43 bits per heavy atom. The smallest absolute Gasteiger partial charge is 0.251 e. The van der Waals surface area contributed by atoms with Crippen LogP contribution in [0.15, 0.2) is 0 Å². The van der Waals surface area contributed by atoms with E-state index in [1.54, 1.807) is 0 Å². The summed E-state index contributed by atoms with van der Waals surface area (Å²) in [6.45, 7) is 1.97. The van der Waals surface area contributed by atoms with Crippen molar-refractivity contribution in [2.45, 2.75) is 37.8 Å². The summed E-state index contributed by atoms with van der Waals surface area (Å²) in [6.07, 6.45) is 3.99. The highest BCUT2D eigenvalue weighted by atomic mass is 16.5. The highest BCUT2D eigenvalue weighted by Crippen LogP contribution is 2.28. The molecular formula is C10H18N2O2. The largest absolute Gasteiger partial charge is 0.368 e. The molecule has 1 heterocycles. The molecular weight excluding hydrogens is 180 g/mol. The van der Waals surface area contributed by atoms with Gasteiger partial charge >= 0.3 is 0 Å². The van der Waals surface area contributed by atoms with Crippen LogP contribution in [0, 0.1) is 0 Å². The first-order valence-corrected chi connectivity index (χ1v) is 5.45. The lowest BCUT2D eigenvalue weighted by Gasteiger charge is -2.24. The number of carbonyl (C=O) groups is 1. The van der Waals surface area contributed by atoms with Gasteiger partial charge < -0.3 is 15.4 Å². The summed E-state index contributed by atoms with van der Waals surface area (Å²) < 4.78 is 5.39. The Morgan fingerprint density at radius 2 is 2.21 bits per heavy atom. The first-order chi connectivity index (χ1) is 6.83. The van der Waals surface area contributed by atoms with Crippen molar-refractivity contribution < 1.29 is 9.53 Å². The van der Waals surface area contributed by atoms with Crippen LogP contribution in [0.25, 0.3) is 0 Å². The summed E-state index contributed by atoms with van der Waals surface area (Å²) in [7, 11) is 0. The standard InChI is InChI=1S/C10H18N2O2/c11-5-6-12(8-3-4-8)10(13)9-2-1-7-14-9/h8-9H,1-7,11H2. The van der Waals surface area contributed by atoms with Gasteiger partial charge in [-0.2, -0.15) is 0 Å². The molecule has 2 rings (SSSR count). The van der Waals surface area contributed by atoms with Crippen LogP contribution in [0.5, 0.6) is 0 Å². The predicted molar refractivity (Wildman–Crippen MR) is 52.8 cm³/mol. The Kier molecular flexibility index (Phi) is 3.03. The van der Waals surface area contributed by atoms with Crippen molar-refractivity contribution in [1.29, 1.82) is 0 Å². The second-order valence-electron chi connectivity index (χ2n) is 4.05. The molecule has 80 valence electrons. The zero-order valence-electron chi connectivity index (χ0n) is 8.45. The molecule has 2 fully saturated rings. The average Bonchev–Trinajstić information content (AvgIpc) is 2.88. The van der Waals surface area contributed by atoms with Gasteiger partial charge in [0, 0.05) is 25.7 Å². The molecule has 1 unspecified atom stereocenters. The van der Waals surface area contributed by atoms with Gasteiger partial charge in [0.1, 0.15) is 6.10 Å². The van der Waals surface area contributed by atoms with E-state index in [2.05, 4.69) is 0 Å². The van der Waals surface area contributed by atoms with E-state index in [1.165, 1.54) is 0 Å². The molecule has 2 N–H and O–H groups in total. The van der Waals surface area contributed by atoms with Gasteiger partial charge in [-0.25, -0.2) is 0 Å². The van der Waals surface area contributed by atoms with Crippen molar-refractivity contribution in [2.24, 2.45) is 5.73 Å². The number of amides is 1. The summed E-state index contributed by atoms with van der Waals surface area (Å²) in [4.78, 5) is 13.9. The van der Waals surface area contributed by atoms with Crippen molar-refractivity contribution >= 4 is 5.91 Å². The zero-order valence-corrected chi connectivity index (χ0v) is 8.45. The van der Waals surface area contributed by atoms with Crippen LogP contribution in [0.3, 0.4) is 0 Å². The topological polar surface area (TPSA) is 55.6 Å². The Hall–Kier alpha value is -0.610. The van der Waals surface area contributed by atoms with Crippen molar-refractivity contribution in [3.8, 4) is 0 Å². The van der Waals surface area contributed by atoms with E-state index in [4.69, 9.17) is 10.5 Å². The number of hydrogen-bond acceptors (Lipinski definition) is 3. The van der Waals surface area contributed by atoms with Crippen LogP contribution >= 0.6 is 0 Å². The minimum Gasteiger partial charge on any atom is -0.368 e. The van der Waals surface area contributed by atoms with Crippen LogP contribution in [-0.4, -0.2) is 42.6 Å². The number of rotatable bonds is 4. The monoisotopic (exact) mass is 198 g/mol. The van der Waals surface area contributed by atoms with E-state index in [0.29, 0.717) is 19.1 Å². The molecule has 0 aromatic carbocycles. The Labute approximate surface area is 84.4 Å². The van der Waals surface area contributed by atoms with Crippen molar-refractivity contribution in [1.82, 2.24) is 4.90 Å². The van der Waals surface area contributed by atoms with Crippen molar-refractivity contribution in [2.75, 3.05) is 19.7 Å². The summed E-state index contributed by atoms with van der Waals surface area (Å²) in [5.41, 5.74) is 5.50. The zero-order chi connectivity index (χ0) is 9.97. The SMILES string of the molecule is NCCN(C(=O)C1CCCO1)C1CC1. The summed E-state index contributed by atoms with van der Waals surface area (Å²) >= 11 is 0. The second-order valence-corrected chi connectivity index (χ2v) is 4.05. The molecule has 4 nitrogen and oxygen atoms in total. The summed E-state index contributed by atoms with van der Waals surface area (Å²) in [6, 6.07) is 0.454. The first-order valence-electron chi connectivity index (χ1n) is 5.45. The summed E-state index contributed by atoms with van der Waals surface area (Å²) in [5.74, 6) is 0.162. The molecule has 1 atom stereocenters. The molecule has 1 amide bonds. The highest BCUT2D eigenvalue weighted by molar-refractivity contribution is 5.81. The Bertz CT molecular complexity index is 210. The van der Waals surface area contributed by atoms with E-state index in [0.717, 1.165) is 32.3 Å². The normalized spacial score (nSPS) is 26.5. The van der Waals surface area contributed by atoms with Gasteiger partial charge in [-0.1, -0.05) is 0 Å². The molecule has 2 aliphatic rings. The van der Waals surface area contributed by atoms with E-state index < -0.39 is 0 Å². The van der Waals surface area contributed by atoms with Crippen LogP contribution in [0.1, 0.15) is 25.7 Å². The maximum absolute atomic E-state index is 12.0. The highest BCUT2D eigenvalue weighted by Gasteiger charge is 2.36. The third-order valence-corrected chi connectivity index (χ3v) is 2.85. The maximum atomic E-state index is 12.0. The second kappa shape index (κ2) is 4.28. The minimum atomic E-state index is -0.179. The Balaban J connectivity index is 1.91. The molecule has 14 heavy (non-hydrogen) atoms. The predicted octanol–water partition coefficient (Wildman–Crippen LogP) is 0.115. The third kappa shape index (κ3) is 2.07. The number of carbonyl (C=O) groups excluding carboxylic acids is 1. The Morgan fingerprint density at radius 3 is 2.71 bits per heavy atom. The minimum absolute atomic E-state index is 0.162. The van der Waals surface area contributed by atoms with Gasteiger partial charge in [0.25, 0.3) is 5.91 Å². The number of ether oxygens (including phenoxy) is 1. The average molecular weight is 198 g/mol. The first kappa shape index (κ1) is 9.93. The molecule has 4 heteroatoms. The van der Waals surface area contributed by atoms with E-state index >= 15 is 0 Å². The van der Waals surface area contributed by atoms with Crippen molar-refractivity contribution in [3.05, 3.63) is 0 Å².